The highest BCUT2D eigenvalue weighted by atomic mass is 79.9. The van der Waals surface area contributed by atoms with Gasteiger partial charge in [-0.05, 0) is 37.9 Å². The van der Waals surface area contributed by atoms with Crippen LogP contribution >= 0.6 is 43.2 Å². The molecule has 1 unspecified atom stereocenters. The summed E-state index contributed by atoms with van der Waals surface area (Å²) in [7, 11) is 0. The molecule has 6 heteroatoms. The Balaban J connectivity index is 2.11. The van der Waals surface area contributed by atoms with Crippen molar-refractivity contribution in [2.45, 2.75) is 12.5 Å². The summed E-state index contributed by atoms with van der Waals surface area (Å²) < 4.78 is 6.72. The molecule has 0 fully saturated rings. The normalized spacial score (nSPS) is 13.0. The highest BCUT2D eigenvalue weighted by Gasteiger charge is 2.16. The minimum Gasteiger partial charge on any atom is -0.450 e. The molecule has 3 nitrogen and oxygen atoms in total. The van der Waals surface area contributed by atoms with E-state index in [9.17, 15) is 5.11 Å². The Hall–Kier alpha value is -0.170. The number of aliphatic hydroxyl groups excluding tert-OH is 1. The molecular formula is C9H7Br2NO2S. The molecule has 0 saturated carbocycles. The molecule has 0 aliphatic rings. The van der Waals surface area contributed by atoms with Crippen molar-refractivity contribution in [1.82, 2.24) is 4.98 Å². The Morgan fingerprint density at radius 3 is 2.87 bits per heavy atom. The molecule has 0 radical (unpaired) electrons. The molecular weight excluding hydrogens is 346 g/mol. The quantitative estimate of drug-likeness (QED) is 0.918. The van der Waals surface area contributed by atoms with Crippen molar-refractivity contribution in [3.05, 3.63) is 37.6 Å². The van der Waals surface area contributed by atoms with Gasteiger partial charge in [0.05, 0.1) is 9.48 Å². The monoisotopic (exact) mass is 351 g/mol. The standard InChI is InChI=1S/C9H7Br2NO2S/c10-5-3-7(14-9(5)11)6(13)4-8-12-1-2-15-8/h1-3,6,13H,4H2. The first kappa shape index (κ1) is 11.3. The van der Waals surface area contributed by atoms with Crippen LogP contribution in [0.3, 0.4) is 0 Å². The van der Waals surface area contributed by atoms with Crippen LogP contribution in [0.15, 0.2) is 31.2 Å². The summed E-state index contributed by atoms with van der Waals surface area (Å²) >= 11 is 8.04. The number of nitrogens with zero attached hydrogens (tertiary/aromatic N) is 1. The van der Waals surface area contributed by atoms with Gasteiger partial charge in [-0.15, -0.1) is 11.3 Å². The predicted molar refractivity (Wildman–Crippen MR) is 64.9 cm³/mol. The summed E-state index contributed by atoms with van der Waals surface area (Å²) in [5, 5.41) is 12.6. The van der Waals surface area contributed by atoms with Gasteiger partial charge in [-0.2, -0.15) is 0 Å². The van der Waals surface area contributed by atoms with Crippen molar-refractivity contribution in [3.63, 3.8) is 0 Å². The topological polar surface area (TPSA) is 46.3 Å². The lowest BCUT2D eigenvalue weighted by Crippen LogP contribution is -1.99. The lowest BCUT2D eigenvalue weighted by atomic mass is 10.2. The largest absolute Gasteiger partial charge is 0.450 e. The van der Waals surface area contributed by atoms with Crippen LogP contribution in [0.1, 0.15) is 16.9 Å². The van der Waals surface area contributed by atoms with Crippen LogP contribution in [0, 0.1) is 0 Å². The number of halogens is 2. The predicted octanol–water partition coefficient (Wildman–Crippen LogP) is 3.54. The van der Waals surface area contributed by atoms with Gasteiger partial charge in [-0.25, -0.2) is 4.98 Å². The molecule has 2 rings (SSSR count). The maximum absolute atomic E-state index is 9.86. The Kier molecular flexibility index (Phi) is 3.60. The zero-order valence-corrected chi connectivity index (χ0v) is 11.5. The van der Waals surface area contributed by atoms with E-state index in [1.54, 1.807) is 12.3 Å². The number of rotatable bonds is 3. The van der Waals surface area contributed by atoms with Crippen LogP contribution in [-0.2, 0) is 6.42 Å². The second-order valence-electron chi connectivity index (χ2n) is 2.92. The van der Waals surface area contributed by atoms with Crippen molar-refractivity contribution >= 4 is 43.2 Å². The van der Waals surface area contributed by atoms with Gasteiger partial charge in [0.1, 0.15) is 11.9 Å². The number of hydrogen-bond acceptors (Lipinski definition) is 4. The number of hydrogen-bond donors (Lipinski definition) is 1. The summed E-state index contributed by atoms with van der Waals surface area (Å²) in [5.41, 5.74) is 0. The van der Waals surface area contributed by atoms with E-state index in [4.69, 9.17) is 4.42 Å². The molecule has 0 bridgehead atoms. The molecule has 80 valence electrons. The van der Waals surface area contributed by atoms with Gasteiger partial charge in [0, 0.05) is 18.0 Å². The summed E-state index contributed by atoms with van der Waals surface area (Å²) in [4.78, 5) is 4.10. The summed E-state index contributed by atoms with van der Waals surface area (Å²) in [6.45, 7) is 0. The summed E-state index contributed by atoms with van der Waals surface area (Å²) in [5.74, 6) is 0.531. The maximum atomic E-state index is 9.86. The molecule has 0 aliphatic heterocycles. The molecule has 2 aromatic rings. The maximum Gasteiger partial charge on any atom is 0.183 e. The van der Waals surface area contributed by atoms with Crippen LogP contribution in [0.2, 0.25) is 0 Å². The van der Waals surface area contributed by atoms with E-state index in [0.29, 0.717) is 16.9 Å². The van der Waals surface area contributed by atoms with Gasteiger partial charge in [-0.3, -0.25) is 0 Å². The fraction of sp³-hybridized carbons (Fsp3) is 0.222. The number of aliphatic hydroxyl groups is 1. The van der Waals surface area contributed by atoms with Crippen LogP contribution in [0.25, 0.3) is 0 Å². The van der Waals surface area contributed by atoms with Gasteiger partial charge in [-0.1, -0.05) is 0 Å². The van der Waals surface area contributed by atoms with Crippen molar-refractivity contribution in [2.24, 2.45) is 0 Å². The van der Waals surface area contributed by atoms with Crippen molar-refractivity contribution < 1.29 is 9.52 Å². The first-order valence-electron chi connectivity index (χ1n) is 4.18. The average molecular weight is 353 g/mol. The Morgan fingerprint density at radius 1 is 1.53 bits per heavy atom. The fourth-order valence-corrected chi connectivity index (χ4v) is 2.41. The second kappa shape index (κ2) is 4.78. The minimum atomic E-state index is -0.654. The molecule has 0 amide bonds. The van der Waals surface area contributed by atoms with Crippen LogP contribution in [-0.4, -0.2) is 10.1 Å². The summed E-state index contributed by atoms with van der Waals surface area (Å²) in [6, 6.07) is 1.75. The van der Waals surface area contributed by atoms with Gasteiger partial charge in [0.15, 0.2) is 4.67 Å². The Labute approximate surface area is 107 Å². The molecule has 0 aromatic carbocycles. The molecule has 1 atom stereocenters. The second-order valence-corrected chi connectivity index (χ2v) is 5.47. The van der Waals surface area contributed by atoms with E-state index in [1.165, 1.54) is 11.3 Å². The van der Waals surface area contributed by atoms with Gasteiger partial charge >= 0.3 is 0 Å². The number of thiazole rings is 1. The smallest absolute Gasteiger partial charge is 0.183 e. The lowest BCUT2D eigenvalue weighted by Gasteiger charge is -2.03. The van der Waals surface area contributed by atoms with E-state index in [0.717, 1.165) is 9.48 Å². The SMILES string of the molecule is OC(Cc1nccs1)c1cc(Br)c(Br)o1. The zero-order valence-electron chi connectivity index (χ0n) is 7.48. The highest BCUT2D eigenvalue weighted by Crippen LogP contribution is 2.31. The number of furan rings is 1. The molecule has 0 saturated heterocycles. The zero-order chi connectivity index (χ0) is 10.8. The molecule has 1 N–H and O–H groups in total. The third-order valence-electron chi connectivity index (χ3n) is 1.84. The Morgan fingerprint density at radius 2 is 2.33 bits per heavy atom. The molecule has 2 aromatic heterocycles. The average Bonchev–Trinajstić information content (AvgIpc) is 2.78. The fourth-order valence-electron chi connectivity index (χ4n) is 1.15. The molecule has 2 heterocycles. The van der Waals surface area contributed by atoms with Crippen molar-refractivity contribution in [1.29, 1.82) is 0 Å². The van der Waals surface area contributed by atoms with E-state index in [-0.39, 0.29) is 0 Å². The molecule has 0 aliphatic carbocycles. The highest BCUT2D eigenvalue weighted by molar-refractivity contribution is 9.13. The van der Waals surface area contributed by atoms with Gasteiger partial charge < -0.3 is 9.52 Å². The van der Waals surface area contributed by atoms with E-state index >= 15 is 0 Å². The lowest BCUT2D eigenvalue weighted by molar-refractivity contribution is 0.148. The van der Waals surface area contributed by atoms with Crippen molar-refractivity contribution in [3.8, 4) is 0 Å². The van der Waals surface area contributed by atoms with Crippen molar-refractivity contribution in [2.75, 3.05) is 0 Å². The Bertz CT molecular complexity index is 421. The van der Waals surface area contributed by atoms with Crippen LogP contribution < -0.4 is 0 Å². The number of aromatic nitrogens is 1. The van der Waals surface area contributed by atoms with Gasteiger partial charge in [0.2, 0.25) is 0 Å². The minimum absolute atomic E-state index is 0.476. The summed E-state index contributed by atoms with van der Waals surface area (Å²) in [6.07, 6.45) is 1.55. The van der Waals surface area contributed by atoms with Gasteiger partial charge in [0.25, 0.3) is 0 Å². The third kappa shape index (κ3) is 2.69. The van der Waals surface area contributed by atoms with E-state index < -0.39 is 6.10 Å². The first-order chi connectivity index (χ1) is 7.16. The van der Waals surface area contributed by atoms with Crippen LogP contribution in [0.4, 0.5) is 0 Å². The molecule has 0 spiro atoms. The first-order valence-corrected chi connectivity index (χ1v) is 6.64. The third-order valence-corrected chi connectivity index (χ3v) is 4.36. The molecule has 15 heavy (non-hydrogen) atoms. The van der Waals surface area contributed by atoms with E-state index in [2.05, 4.69) is 36.8 Å². The van der Waals surface area contributed by atoms with Crippen LogP contribution in [0.5, 0.6) is 0 Å². The van der Waals surface area contributed by atoms with E-state index in [1.807, 2.05) is 5.38 Å².